The van der Waals surface area contributed by atoms with E-state index in [0.29, 0.717) is 25.3 Å². The Kier molecular flexibility index (Phi) is 8.36. The van der Waals surface area contributed by atoms with Gasteiger partial charge in [-0.25, -0.2) is 4.99 Å². The number of nitrogens with one attached hydrogen (secondary N) is 3. The minimum atomic E-state index is -0.0764. The standard InChI is InChI=1S/C25H34N4O3/c1-5-27-25(28-11-10-18-8-7-9-19(13-18)24(30)26-4)29-16-21-15-23-20(12-17(3)32-23)14-22(21)31-6-2/h7-9,13-15,17H,5-6,10-12,16H2,1-4H3,(H,26,30)(H2,27,28,29). The Morgan fingerprint density at radius 3 is 2.81 bits per heavy atom. The highest BCUT2D eigenvalue weighted by molar-refractivity contribution is 5.94. The van der Waals surface area contributed by atoms with Gasteiger partial charge in [-0.15, -0.1) is 0 Å². The van der Waals surface area contributed by atoms with Gasteiger partial charge < -0.3 is 25.4 Å². The molecule has 2 aromatic rings. The van der Waals surface area contributed by atoms with Gasteiger partial charge in [0, 0.05) is 43.2 Å². The summed E-state index contributed by atoms with van der Waals surface area (Å²) in [6, 6.07) is 11.8. The first-order valence-corrected chi connectivity index (χ1v) is 11.3. The molecule has 3 N–H and O–H groups in total. The fraction of sp³-hybridized carbons (Fsp3) is 0.440. The van der Waals surface area contributed by atoms with Crippen molar-refractivity contribution < 1.29 is 14.3 Å². The molecule has 7 nitrogen and oxygen atoms in total. The summed E-state index contributed by atoms with van der Waals surface area (Å²) in [6.07, 6.45) is 1.88. The zero-order chi connectivity index (χ0) is 22.9. The van der Waals surface area contributed by atoms with Gasteiger partial charge in [-0.2, -0.15) is 0 Å². The first-order chi connectivity index (χ1) is 15.5. The number of ether oxygens (including phenoxy) is 2. The Balaban J connectivity index is 1.65. The van der Waals surface area contributed by atoms with Crippen LogP contribution in [0.2, 0.25) is 0 Å². The maximum absolute atomic E-state index is 11.8. The van der Waals surface area contributed by atoms with Crippen LogP contribution in [0.3, 0.4) is 0 Å². The van der Waals surface area contributed by atoms with Gasteiger partial charge in [0.15, 0.2) is 5.96 Å². The second-order valence-electron chi connectivity index (χ2n) is 7.78. The molecule has 1 heterocycles. The number of guanidine groups is 1. The van der Waals surface area contributed by atoms with Crippen molar-refractivity contribution in [3.63, 3.8) is 0 Å². The van der Waals surface area contributed by atoms with Gasteiger partial charge in [-0.05, 0) is 57.0 Å². The summed E-state index contributed by atoms with van der Waals surface area (Å²) in [6.45, 7) is 8.68. The molecule has 0 aliphatic carbocycles. The number of hydrogen-bond donors (Lipinski definition) is 3. The average Bonchev–Trinajstić information content (AvgIpc) is 3.16. The van der Waals surface area contributed by atoms with Crippen molar-refractivity contribution in [3.8, 4) is 11.5 Å². The van der Waals surface area contributed by atoms with E-state index >= 15 is 0 Å². The SMILES string of the molecule is CCNC(=NCc1cc2c(cc1OCC)CC(C)O2)NCCc1cccc(C(=O)NC)c1. The lowest BCUT2D eigenvalue weighted by Crippen LogP contribution is -2.38. The molecule has 1 atom stereocenters. The van der Waals surface area contributed by atoms with Crippen LogP contribution in [0.15, 0.2) is 41.4 Å². The first kappa shape index (κ1) is 23.4. The van der Waals surface area contributed by atoms with Crippen molar-refractivity contribution in [2.75, 3.05) is 26.7 Å². The molecule has 32 heavy (non-hydrogen) atoms. The molecule has 172 valence electrons. The number of benzene rings is 2. The van der Waals surface area contributed by atoms with Crippen LogP contribution in [0.5, 0.6) is 11.5 Å². The van der Waals surface area contributed by atoms with E-state index in [2.05, 4.69) is 35.0 Å². The Hall–Kier alpha value is -3.22. The summed E-state index contributed by atoms with van der Waals surface area (Å²) < 4.78 is 11.8. The number of aliphatic imine (C=N–C) groups is 1. The molecule has 0 saturated carbocycles. The molecule has 2 aromatic carbocycles. The molecule has 0 bridgehead atoms. The number of hydrogen-bond acceptors (Lipinski definition) is 4. The third kappa shape index (κ3) is 6.15. The minimum absolute atomic E-state index is 0.0764. The lowest BCUT2D eigenvalue weighted by atomic mass is 10.1. The highest BCUT2D eigenvalue weighted by Gasteiger charge is 2.21. The molecule has 0 saturated heterocycles. The second kappa shape index (κ2) is 11.4. The fourth-order valence-corrected chi connectivity index (χ4v) is 3.74. The number of fused-ring (bicyclic) bond motifs is 1. The van der Waals surface area contributed by atoms with E-state index in [1.807, 2.05) is 38.1 Å². The predicted octanol–water partition coefficient (Wildman–Crippen LogP) is 3.07. The van der Waals surface area contributed by atoms with Crippen LogP contribution in [-0.2, 0) is 19.4 Å². The highest BCUT2D eigenvalue weighted by Crippen LogP contribution is 2.35. The van der Waals surface area contributed by atoms with Crippen LogP contribution in [0.25, 0.3) is 0 Å². The molecule has 3 rings (SSSR count). The number of rotatable bonds is 9. The van der Waals surface area contributed by atoms with Crippen LogP contribution < -0.4 is 25.4 Å². The Labute approximate surface area is 190 Å². The number of nitrogens with zero attached hydrogens (tertiary/aromatic N) is 1. The quantitative estimate of drug-likeness (QED) is 0.414. The van der Waals surface area contributed by atoms with Crippen LogP contribution in [-0.4, -0.2) is 44.7 Å². The van der Waals surface area contributed by atoms with E-state index in [1.54, 1.807) is 7.05 Å². The van der Waals surface area contributed by atoms with Gasteiger partial charge in [0.05, 0.1) is 13.2 Å². The fourth-order valence-electron chi connectivity index (χ4n) is 3.74. The van der Waals surface area contributed by atoms with Gasteiger partial charge >= 0.3 is 0 Å². The molecule has 0 radical (unpaired) electrons. The molecule has 1 amide bonds. The lowest BCUT2D eigenvalue weighted by Gasteiger charge is -2.14. The summed E-state index contributed by atoms with van der Waals surface area (Å²) in [5, 5.41) is 9.33. The van der Waals surface area contributed by atoms with E-state index in [9.17, 15) is 4.79 Å². The molecule has 0 spiro atoms. The topological polar surface area (TPSA) is 84.0 Å². The van der Waals surface area contributed by atoms with Crippen molar-refractivity contribution in [3.05, 3.63) is 58.7 Å². The first-order valence-electron chi connectivity index (χ1n) is 11.3. The summed E-state index contributed by atoms with van der Waals surface area (Å²) in [4.78, 5) is 16.6. The van der Waals surface area contributed by atoms with Crippen molar-refractivity contribution in [1.29, 1.82) is 0 Å². The largest absolute Gasteiger partial charge is 0.494 e. The Morgan fingerprint density at radius 2 is 2.06 bits per heavy atom. The molecule has 1 unspecified atom stereocenters. The van der Waals surface area contributed by atoms with Gasteiger partial charge in [0.25, 0.3) is 5.91 Å². The monoisotopic (exact) mass is 438 g/mol. The van der Waals surface area contributed by atoms with Gasteiger partial charge in [-0.3, -0.25) is 4.79 Å². The highest BCUT2D eigenvalue weighted by atomic mass is 16.5. The van der Waals surface area contributed by atoms with E-state index < -0.39 is 0 Å². The smallest absolute Gasteiger partial charge is 0.251 e. The molecular weight excluding hydrogens is 404 g/mol. The Bertz CT molecular complexity index is 958. The summed E-state index contributed by atoms with van der Waals surface area (Å²) in [5.41, 5.74) is 3.97. The average molecular weight is 439 g/mol. The minimum Gasteiger partial charge on any atom is -0.494 e. The second-order valence-corrected chi connectivity index (χ2v) is 7.78. The van der Waals surface area contributed by atoms with E-state index in [0.717, 1.165) is 48.0 Å². The summed E-state index contributed by atoms with van der Waals surface area (Å²) >= 11 is 0. The van der Waals surface area contributed by atoms with E-state index in [-0.39, 0.29) is 12.0 Å². The van der Waals surface area contributed by atoms with Gasteiger partial charge in [-0.1, -0.05) is 12.1 Å². The van der Waals surface area contributed by atoms with Crippen molar-refractivity contribution in [1.82, 2.24) is 16.0 Å². The maximum atomic E-state index is 11.8. The normalized spacial score (nSPS) is 15.0. The molecule has 7 heteroatoms. The Morgan fingerprint density at radius 1 is 1.22 bits per heavy atom. The maximum Gasteiger partial charge on any atom is 0.251 e. The number of carbonyl (C=O) groups excluding carboxylic acids is 1. The molecular formula is C25H34N4O3. The zero-order valence-electron chi connectivity index (χ0n) is 19.5. The van der Waals surface area contributed by atoms with Gasteiger partial charge in [0.2, 0.25) is 0 Å². The van der Waals surface area contributed by atoms with Crippen molar-refractivity contribution in [2.45, 2.75) is 46.3 Å². The molecule has 1 aliphatic rings. The van der Waals surface area contributed by atoms with Crippen LogP contribution >= 0.6 is 0 Å². The van der Waals surface area contributed by atoms with Crippen molar-refractivity contribution in [2.24, 2.45) is 4.99 Å². The van der Waals surface area contributed by atoms with E-state index in [4.69, 9.17) is 14.5 Å². The van der Waals surface area contributed by atoms with Crippen LogP contribution in [0.1, 0.15) is 47.8 Å². The molecule has 1 aliphatic heterocycles. The number of carbonyl (C=O) groups is 1. The molecule has 0 aromatic heterocycles. The molecule has 0 fully saturated rings. The zero-order valence-corrected chi connectivity index (χ0v) is 19.5. The lowest BCUT2D eigenvalue weighted by molar-refractivity contribution is 0.0963. The summed E-state index contributed by atoms with van der Waals surface area (Å²) in [7, 11) is 1.64. The van der Waals surface area contributed by atoms with Crippen LogP contribution in [0, 0.1) is 0 Å². The number of amides is 1. The van der Waals surface area contributed by atoms with Gasteiger partial charge in [0.1, 0.15) is 17.6 Å². The third-order valence-corrected chi connectivity index (χ3v) is 5.25. The van der Waals surface area contributed by atoms with E-state index in [1.165, 1.54) is 5.56 Å². The van der Waals surface area contributed by atoms with Crippen molar-refractivity contribution >= 4 is 11.9 Å². The third-order valence-electron chi connectivity index (χ3n) is 5.25. The predicted molar refractivity (Wildman–Crippen MR) is 128 cm³/mol. The van der Waals surface area contributed by atoms with Crippen LogP contribution in [0.4, 0.5) is 0 Å². The summed E-state index contributed by atoms with van der Waals surface area (Å²) in [5.74, 6) is 2.47.